The van der Waals surface area contributed by atoms with Crippen LogP contribution in [0.2, 0.25) is 0 Å². The van der Waals surface area contributed by atoms with Crippen LogP contribution in [-0.2, 0) is 10.0 Å². The van der Waals surface area contributed by atoms with Gasteiger partial charge in [0.05, 0.1) is 5.75 Å². The summed E-state index contributed by atoms with van der Waals surface area (Å²) in [5.74, 6) is 0.760. The Morgan fingerprint density at radius 1 is 1.14 bits per heavy atom. The minimum Gasteiger partial charge on any atom is -0.314 e. The fourth-order valence-electron chi connectivity index (χ4n) is 3.06. The summed E-state index contributed by atoms with van der Waals surface area (Å²) in [5.41, 5.74) is 0. The lowest BCUT2D eigenvalue weighted by Crippen LogP contribution is -2.46. The van der Waals surface area contributed by atoms with E-state index in [0.29, 0.717) is 19.0 Å². The molecule has 2 aliphatic rings. The van der Waals surface area contributed by atoms with Gasteiger partial charge in [0.25, 0.3) is 0 Å². The number of piperidine rings is 1. The highest BCUT2D eigenvalue weighted by molar-refractivity contribution is 7.89. The lowest BCUT2D eigenvalue weighted by molar-refractivity contribution is 0.202. The quantitative estimate of drug-likeness (QED) is 0.715. The molecule has 0 bridgehead atoms. The van der Waals surface area contributed by atoms with Crippen molar-refractivity contribution in [3.63, 3.8) is 0 Å². The normalized spacial score (nSPS) is 23.8. The van der Waals surface area contributed by atoms with Crippen LogP contribution in [0.15, 0.2) is 0 Å². The SMILES string of the molecule is CN1CCC(CN(C)S(=O)(=O)CCN2CCNCC2)CC1. The largest absolute Gasteiger partial charge is 0.314 e. The highest BCUT2D eigenvalue weighted by atomic mass is 32.2. The lowest BCUT2D eigenvalue weighted by Gasteiger charge is -2.32. The fraction of sp³-hybridized carbons (Fsp3) is 1.00. The van der Waals surface area contributed by atoms with Crippen molar-refractivity contribution in [1.82, 2.24) is 19.4 Å². The minimum absolute atomic E-state index is 0.246. The van der Waals surface area contributed by atoms with E-state index >= 15 is 0 Å². The van der Waals surface area contributed by atoms with E-state index in [2.05, 4.69) is 22.2 Å². The maximum absolute atomic E-state index is 12.4. The smallest absolute Gasteiger partial charge is 0.215 e. The van der Waals surface area contributed by atoms with Crippen molar-refractivity contribution in [2.75, 3.05) is 72.2 Å². The predicted molar refractivity (Wildman–Crippen MR) is 85.9 cm³/mol. The number of piperazine rings is 1. The number of nitrogens with one attached hydrogen (secondary N) is 1. The second-order valence-corrected chi connectivity index (χ2v) is 8.63. The van der Waals surface area contributed by atoms with Gasteiger partial charge in [-0.1, -0.05) is 0 Å². The number of nitrogens with zero attached hydrogens (tertiary/aromatic N) is 3. The Labute approximate surface area is 129 Å². The average molecular weight is 318 g/mol. The summed E-state index contributed by atoms with van der Waals surface area (Å²) < 4.78 is 26.4. The van der Waals surface area contributed by atoms with Crippen molar-refractivity contribution in [1.29, 1.82) is 0 Å². The number of hydrogen-bond donors (Lipinski definition) is 1. The molecular weight excluding hydrogens is 288 g/mol. The molecule has 0 aromatic heterocycles. The van der Waals surface area contributed by atoms with E-state index in [-0.39, 0.29) is 5.75 Å². The summed E-state index contributed by atoms with van der Waals surface area (Å²) in [5, 5.41) is 3.29. The molecule has 6 nitrogen and oxygen atoms in total. The molecule has 0 unspecified atom stereocenters. The molecule has 1 N–H and O–H groups in total. The third-order valence-corrected chi connectivity index (χ3v) is 6.50. The second kappa shape index (κ2) is 7.87. The summed E-state index contributed by atoms with van der Waals surface area (Å²) >= 11 is 0. The molecule has 0 saturated carbocycles. The molecule has 2 rings (SSSR count). The van der Waals surface area contributed by atoms with Gasteiger partial charge in [-0.25, -0.2) is 12.7 Å². The first-order valence-electron chi connectivity index (χ1n) is 8.03. The Hall–Kier alpha value is -0.210. The summed E-state index contributed by atoms with van der Waals surface area (Å²) in [6, 6.07) is 0. The first-order valence-corrected chi connectivity index (χ1v) is 9.64. The Balaban J connectivity index is 1.75. The Morgan fingerprint density at radius 2 is 1.76 bits per heavy atom. The highest BCUT2D eigenvalue weighted by Gasteiger charge is 2.25. The molecule has 0 aromatic rings. The number of sulfonamides is 1. The van der Waals surface area contributed by atoms with Crippen molar-refractivity contribution >= 4 is 10.0 Å². The van der Waals surface area contributed by atoms with E-state index in [0.717, 1.165) is 52.1 Å². The molecule has 21 heavy (non-hydrogen) atoms. The van der Waals surface area contributed by atoms with Crippen molar-refractivity contribution in [3.8, 4) is 0 Å². The van der Waals surface area contributed by atoms with Crippen LogP contribution >= 0.6 is 0 Å². The number of likely N-dealkylation sites (tertiary alicyclic amines) is 1. The molecule has 2 saturated heterocycles. The number of rotatable bonds is 6. The van der Waals surface area contributed by atoms with Gasteiger partial charge >= 0.3 is 0 Å². The molecule has 2 aliphatic heterocycles. The van der Waals surface area contributed by atoms with Gasteiger partial charge in [0, 0.05) is 46.3 Å². The number of hydrogen-bond acceptors (Lipinski definition) is 5. The van der Waals surface area contributed by atoms with Crippen molar-refractivity contribution in [3.05, 3.63) is 0 Å². The Morgan fingerprint density at radius 3 is 2.38 bits per heavy atom. The zero-order valence-corrected chi connectivity index (χ0v) is 14.2. The second-order valence-electron chi connectivity index (χ2n) is 6.43. The average Bonchev–Trinajstić information content (AvgIpc) is 2.48. The van der Waals surface area contributed by atoms with Gasteiger partial charge in [-0.05, 0) is 38.9 Å². The van der Waals surface area contributed by atoms with E-state index in [1.54, 1.807) is 11.4 Å². The molecule has 0 aliphatic carbocycles. The van der Waals surface area contributed by atoms with E-state index in [1.807, 2.05) is 0 Å². The van der Waals surface area contributed by atoms with Crippen LogP contribution in [0, 0.1) is 5.92 Å². The van der Waals surface area contributed by atoms with Crippen LogP contribution < -0.4 is 5.32 Å². The van der Waals surface area contributed by atoms with E-state index in [4.69, 9.17) is 0 Å². The van der Waals surface area contributed by atoms with Crippen molar-refractivity contribution < 1.29 is 8.42 Å². The van der Waals surface area contributed by atoms with Gasteiger partial charge < -0.3 is 10.2 Å². The topological polar surface area (TPSA) is 55.9 Å². The lowest BCUT2D eigenvalue weighted by atomic mass is 9.97. The minimum atomic E-state index is -3.11. The van der Waals surface area contributed by atoms with E-state index in [1.165, 1.54) is 0 Å². The van der Waals surface area contributed by atoms with Crippen molar-refractivity contribution in [2.45, 2.75) is 12.8 Å². The zero-order chi connectivity index (χ0) is 15.3. The third kappa shape index (κ3) is 5.49. The maximum Gasteiger partial charge on any atom is 0.215 e. The van der Waals surface area contributed by atoms with Crippen LogP contribution in [0.3, 0.4) is 0 Å². The maximum atomic E-state index is 12.4. The summed E-state index contributed by atoms with van der Waals surface area (Å²) in [7, 11) is 0.756. The monoisotopic (exact) mass is 318 g/mol. The molecule has 0 amide bonds. The van der Waals surface area contributed by atoms with Crippen LogP contribution in [0.1, 0.15) is 12.8 Å². The van der Waals surface area contributed by atoms with Gasteiger partial charge in [-0.3, -0.25) is 4.90 Å². The van der Waals surface area contributed by atoms with E-state index in [9.17, 15) is 8.42 Å². The third-order valence-electron chi connectivity index (χ3n) is 4.70. The molecule has 0 aromatic carbocycles. The Kier molecular flexibility index (Phi) is 6.43. The van der Waals surface area contributed by atoms with Gasteiger partial charge in [0.2, 0.25) is 10.0 Å². The van der Waals surface area contributed by atoms with Crippen molar-refractivity contribution in [2.24, 2.45) is 5.92 Å². The molecule has 0 spiro atoms. The van der Waals surface area contributed by atoms with Crippen LogP contribution in [0.4, 0.5) is 0 Å². The highest BCUT2D eigenvalue weighted by Crippen LogP contribution is 2.18. The molecular formula is C14H30N4O2S. The molecule has 0 radical (unpaired) electrons. The van der Waals surface area contributed by atoms with E-state index < -0.39 is 10.0 Å². The Bertz CT molecular complexity index is 401. The first-order chi connectivity index (χ1) is 9.97. The fourth-order valence-corrected chi connectivity index (χ4v) is 4.30. The van der Waals surface area contributed by atoms with Gasteiger partial charge in [0.1, 0.15) is 0 Å². The summed E-state index contributed by atoms with van der Waals surface area (Å²) in [4.78, 5) is 4.55. The standard InChI is InChI=1S/C14H30N4O2S/c1-16-7-3-14(4-8-16)13-17(2)21(19,20)12-11-18-9-5-15-6-10-18/h14-15H,3-13H2,1-2H3. The molecule has 2 heterocycles. The molecule has 2 fully saturated rings. The zero-order valence-electron chi connectivity index (χ0n) is 13.4. The van der Waals surface area contributed by atoms with Gasteiger partial charge in [-0.15, -0.1) is 0 Å². The van der Waals surface area contributed by atoms with Crippen LogP contribution in [0.25, 0.3) is 0 Å². The molecule has 0 atom stereocenters. The summed E-state index contributed by atoms with van der Waals surface area (Å²) in [6.45, 7) is 7.33. The molecule has 7 heteroatoms. The van der Waals surface area contributed by atoms with Crippen LogP contribution in [-0.4, -0.2) is 94.7 Å². The molecule has 124 valence electrons. The first kappa shape index (κ1) is 17.1. The van der Waals surface area contributed by atoms with Crippen LogP contribution in [0.5, 0.6) is 0 Å². The summed E-state index contributed by atoms with van der Waals surface area (Å²) in [6.07, 6.45) is 2.21. The van der Waals surface area contributed by atoms with Gasteiger partial charge in [0.15, 0.2) is 0 Å². The van der Waals surface area contributed by atoms with Gasteiger partial charge in [-0.2, -0.15) is 0 Å². The predicted octanol–water partition coefficient (Wildman–Crippen LogP) is -0.505.